The van der Waals surface area contributed by atoms with Gasteiger partial charge in [0.25, 0.3) is 0 Å². The predicted octanol–water partition coefficient (Wildman–Crippen LogP) is 1.62. The summed E-state index contributed by atoms with van der Waals surface area (Å²) in [5, 5.41) is 0. The molecule has 1 amide bonds. The van der Waals surface area contributed by atoms with Gasteiger partial charge in [-0.3, -0.25) is 4.79 Å². The van der Waals surface area contributed by atoms with E-state index in [0.717, 1.165) is 12.8 Å². The molecular weight excluding hydrogens is 335 g/mol. The van der Waals surface area contributed by atoms with Crippen LogP contribution in [0.15, 0.2) is 41.1 Å². The fraction of sp³-hybridized carbons (Fsp3) is 0.438. The standard InChI is InChI=1S/C16H21FN2O4S/c17-9-13(10-18)11-23-14-4-6-15(7-5-14)24(21,22)12-19-8-2-1-3-16(19)20/h4-7,9H,1-3,8,10-12,18H2/b13-9+. The van der Waals surface area contributed by atoms with Crippen LogP contribution in [0.25, 0.3) is 0 Å². The number of amides is 1. The van der Waals surface area contributed by atoms with E-state index in [4.69, 9.17) is 10.5 Å². The highest BCUT2D eigenvalue weighted by molar-refractivity contribution is 7.91. The van der Waals surface area contributed by atoms with E-state index in [0.29, 0.717) is 30.6 Å². The van der Waals surface area contributed by atoms with Crippen LogP contribution in [0.5, 0.6) is 5.75 Å². The van der Waals surface area contributed by atoms with Crippen LogP contribution in [0.3, 0.4) is 0 Å². The van der Waals surface area contributed by atoms with Crippen LogP contribution in [0.4, 0.5) is 4.39 Å². The molecule has 2 N–H and O–H groups in total. The van der Waals surface area contributed by atoms with Gasteiger partial charge in [-0.2, -0.15) is 0 Å². The number of nitrogens with zero attached hydrogens (tertiary/aromatic N) is 1. The van der Waals surface area contributed by atoms with Gasteiger partial charge in [-0.25, -0.2) is 12.8 Å². The summed E-state index contributed by atoms with van der Waals surface area (Å²) < 4.78 is 42.6. The summed E-state index contributed by atoms with van der Waals surface area (Å²) in [5.74, 6) is -0.0265. The number of rotatable bonds is 7. The minimum atomic E-state index is -3.59. The monoisotopic (exact) mass is 356 g/mol. The highest BCUT2D eigenvalue weighted by atomic mass is 32.2. The molecule has 1 aliphatic rings. The van der Waals surface area contributed by atoms with Gasteiger partial charge in [-0.1, -0.05) is 0 Å². The van der Waals surface area contributed by atoms with Crippen molar-refractivity contribution in [3.63, 3.8) is 0 Å². The summed E-state index contributed by atoms with van der Waals surface area (Å²) in [7, 11) is -3.59. The van der Waals surface area contributed by atoms with Crippen LogP contribution in [-0.2, 0) is 14.6 Å². The molecule has 132 valence electrons. The smallest absolute Gasteiger partial charge is 0.223 e. The molecule has 0 spiro atoms. The average molecular weight is 356 g/mol. The van der Waals surface area contributed by atoms with Gasteiger partial charge >= 0.3 is 0 Å². The van der Waals surface area contributed by atoms with Crippen molar-refractivity contribution >= 4 is 15.7 Å². The van der Waals surface area contributed by atoms with Crippen molar-refractivity contribution in [2.24, 2.45) is 5.73 Å². The first-order valence-electron chi connectivity index (χ1n) is 7.68. The molecule has 0 aliphatic carbocycles. The molecule has 2 rings (SSSR count). The van der Waals surface area contributed by atoms with E-state index < -0.39 is 9.84 Å². The normalized spacial score (nSPS) is 16.3. The van der Waals surface area contributed by atoms with Crippen molar-refractivity contribution in [2.75, 3.05) is 25.6 Å². The Balaban J connectivity index is 2.02. The summed E-state index contributed by atoms with van der Waals surface area (Å²) in [6.45, 7) is 0.519. The van der Waals surface area contributed by atoms with Crippen LogP contribution < -0.4 is 10.5 Å². The zero-order valence-electron chi connectivity index (χ0n) is 13.3. The van der Waals surface area contributed by atoms with Crippen LogP contribution >= 0.6 is 0 Å². The SMILES string of the molecule is NC/C(=C\F)COc1ccc(S(=O)(=O)CN2CCCCC2=O)cc1. The highest BCUT2D eigenvalue weighted by Gasteiger charge is 2.25. The first-order valence-corrected chi connectivity index (χ1v) is 9.33. The maximum Gasteiger partial charge on any atom is 0.223 e. The van der Waals surface area contributed by atoms with Crippen molar-refractivity contribution in [1.82, 2.24) is 4.90 Å². The molecule has 6 nitrogen and oxygen atoms in total. The summed E-state index contributed by atoms with van der Waals surface area (Å²) in [6, 6.07) is 5.83. The third-order valence-corrected chi connectivity index (χ3v) is 5.41. The quantitative estimate of drug-likeness (QED) is 0.802. The molecule has 1 aliphatic heterocycles. The Labute approximate surface area is 141 Å². The first-order chi connectivity index (χ1) is 11.5. The number of ether oxygens (including phenoxy) is 1. The Morgan fingerprint density at radius 2 is 2.00 bits per heavy atom. The van der Waals surface area contributed by atoms with Gasteiger partial charge in [-0.15, -0.1) is 0 Å². The number of nitrogens with two attached hydrogens (primary N) is 1. The van der Waals surface area contributed by atoms with Gasteiger partial charge in [0.1, 0.15) is 18.2 Å². The van der Waals surface area contributed by atoms with Gasteiger partial charge < -0.3 is 15.4 Å². The van der Waals surface area contributed by atoms with Crippen LogP contribution in [0, 0.1) is 0 Å². The van der Waals surface area contributed by atoms with Crippen molar-refractivity contribution in [2.45, 2.75) is 24.2 Å². The van der Waals surface area contributed by atoms with Crippen LogP contribution in [-0.4, -0.2) is 44.8 Å². The zero-order valence-corrected chi connectivity index (χ0v) is 14.1. The molecular formula is C16H21FN2O4S. The molecule has 8 heteroatoms. The van der Waals surface area contributed by atoms with Crippen LogP contribution in [0.2, 0.25) is 0 Å². The van der Waals surface area contributed by atoms with E-state index in [1.165, 1.54) is 29.2 Å². The van der Waals surface area contributed by atoms with Gasteiger partial charge in [0, 0.05) is 25.1 Å². The number of carbonyl (C=O) groups excluding carboxylic acids is 1. The van der Waals surface area contributed by atoms with E-state index >= 15 is 0 Å². The topological polar surface area (TPSA) is 89.7 Å². The van der Waals surface area contributed by atoms with E-state index in [1.54, 1.807) is 0 Å². The summed E-state index contributed by atoms with van der Waals surface area (Å²) in [5.41, 5.74) is 5.63. The van der Waals surface area contributed by atoms with Gasteiger partial charge in [0.2, 0.25) is 5.91 Å². The molecule has 0 radical (unpaired) electrons. The lowest BCUT2D eigenvalue weighted by atomic mass is 10.1. The molecule has 0 atom stereocenters. The molecule has 1 aromatic rings. The number of halogens is 1. The van der Waals surface area contributed by atoms with Gasteiger partial charge in [0.15, 0.2) is 9.84 Å². The summed E-state index contributed by atoms with van der Waals surface area (Å²) in [6.07, 6.45) is 2.42. The number of benzene rings is 1. The molecule has 0 aromatic heterocycles. The number of likely N-dealkylation sites (tertiary alicyclic amines) is 1. The van der Waals surface area contributed by atoms with Gasteiger partial charge in [-0.05, 0) is 37.1 Å². The van der Waals surface area contributed by atoms with Crippen molar-refractivity contribution < 1.29 is 22.3 Å². The van der Waals surface area contributed by atoms with Crippen molar-refractivity contribution in [3.05, 3.63) is 36.2 Å². The fourth-order valence-electron chi connectivity index (χ4n) is 2.33. The molecule has 0 saturated carbocycles. The molecule has 1 aromatic carbocycles. The number of carbonyl (C=O) groups is 1. The Bertz CT molecular complexity index is 701. The minimum Gasteiger partial charge on any atom is -0.489 e. The Morgan fingerprint density at radius 1 is 1.29 bits per heavy atom. The summed E-state index contributed by atoms with van der Waals surface area (Å²) >= 11 is 0. The third kappa shape index (κ3) is 4.78. The third-order valence-electron chi connectivity index (χ3n) is 3.77. The van der Waals surface area contributed by atoms with E-state index in [2.05, 4.69) is 0 Å². The lowest BCUT2D eigenvalue weighted by molar-refractivity contribution is -0.132. The van der Waals surface area contributed by atoms with Crippen LogP contribution in [0.1, 0.15) is 19.3 Å². The second kappa shape index (κ2) is 8.25. The predicted molar refractivity (Wildman–Crippen MR) is 87.8 cm³/mol. The molecule has 24 heavy (non-hydrogen) atoms. The highest BCUT2D eigenvalue weighted by Crippen LogP contribution is 2.20. The molecule has 1 fully saturated rings. The second-order valence-corrected chi connectivity index (χ2v) is 7.55. The minimum absolute atomic E-state index is 0.00137. The Kier molecular flexibility index (Phi) is 6.33. The van der Waals surface area contributed by atoms with E-state index in [1.807, 2.05) is 0 Å². The molecule has 0 bridgehead atoms. The zero-order chi connectivity index (χ0) is 17.6. The van der Waals surface area contributed by atoms with Crippen molar-refractivity contribution in [1.29, 1.82) is 0 Å². The number of hydrogen-bond donors (Lipinski definition) is 1. The fourth-order valence-corrected chi connectivity index (χ4v) is 3.72. The largest absolute Gasteiger partial charge is 0.489 e. The number of piperidine rings is 1. The Hall–Kier alpha value is -1.93. The number of hydrogen-bond acceptors (Lipinski definition) is 5. The lowest BCUT2D eigenvalue weighted by Crippen LogP contribution is -2.38. The summed E-state index contributed by atoms with van der Waals surface area (Å²) in [4.78, 5) is 13.3. The number of sulfone groups is 1. The molecule has 0 unspecified atom stereocenters. The van der Waals surface area contributed by atoms with E-state index in [9.17, 15) is 17.6 Å². The average Bonchev–Trinajstić information content (AvgIpc) is 2.58. The maximum atomic E-state index is 12.4. The molecule has 1 heterocycles. The maximum absolute atomic E-state index is 12.4. The van der Waals surface area contributed by atoms with E-state index in [-0.39, 0.29) is 29.8 Å². The Morgan fingerprint density at radius 3 is 2.58 bits per heavy atom. The molecule has 1 saturated heterocycles. The second-order valence-electron chi connectivity index (χ2n) is 5.59. The van der Waals surface area contributed by atoms with Crippen molar-refractivity contribution in [3.8, 4) is 5.75 Å². The van der Waals surface area contributed by atoms with Gasteiger partial charge in [0.05, 0.1) is 11.2 Å². The first kappa shape index (κ1) is 18.4. The lowest BCUT2D eigenvalue weighted by Gasteiger charge is -2.26.